The molecule has 1 rings (SSSR count). The number of nitrogens with two attached hydrogens (primary N) is 1. The highest BCUT2D eigenvalue weighted by atomic mass is 79.9. The third-order valence-corrected chi connectivity index (χ3v) is 2.59. The summed E-state index contributed by atoms with van der Waals surface area (Å²) < 4.78 is 6.03. The fourth-order valence-corrected chi connectivity index (χ4v) is 1.91. The molecule has 1 atom stereocenters. The zero-order valence-electron chi connectivity index (χ0n) is 9.31. The van der Waals surface area contributed by atoms with E-state index in [2.05, 4.69) is 15.9 Å². The third kappa shape index (κ3) is 3.69. The number of carbonyl (C=O) groups excluding carboxylic acids is 1. The summed E-state index contributed by atoms with van der Waals surface area (Å²) in [5.41, 5.74) is 6.20. The van der Waals surface area contributed by atoms with Gasteiger partial charge in [-0.2, -0.15) is 0 Å². The number of aryl methyl sites for hydroxylation is 1. The molecule has 0 aliphatic carbocycles. The molecule has 17 heavy (non-hydrogen) atoms. The van der Waals surface area contributed by atoms with E-state index in [0.717, 1.165) is 10.0 Å². The summed E-state index contributed by atoms with van der Waals surface area (Å²) in [7, 11) is 0. The molecule has 5 nitrogen and oxygen atoms in total. The molecule has 1 amide bonds. The Labute approximate surface area is 107 Å². The molecule has 0 fully saturated rings. The van der Waals surface area contributed by atoms with E-state index in [1.54, 1.807) is 19.1 Å². The summed E-state index contributed by atoms with van der Waals surface area (Å²) >= 11 is 3.26. The Bertz CT molecular complexity index is 422. The van der Waals surface area contributed by atoms with Crippen molar-refractivity contribution in [1.82, 2.24) is 0 Å². The van der Waals surface area contributed by atoms with E-state index in [-0.39, 0.29) is 12.2 Å². The molecule has 0 saturated carbocycles. The summed E-state index contributed by atoms with van der Waals surface area (Å²) in [6, 6.07) is 3.32. The van der Waals surface area contributed by atoms with Crippen molar-refractivity contribution in [2.75, 3.05) is 13.2 Å². The first-order valence-corrected chi connectivity index (χ1v) is 5.76. The fraction of sp³-hybridized carbons (Fsp3) is 0.364. The predicted molar refractivity (Wildman–Crippen MR) is 66.0 cm³/mol. The standard InChI is InChI=1S/C11H14BrNO4/c1-6-2-7(12)3-9(11(13)16)10(6)17-5-8(15)4-14/h2-3,8,14-15H,4-5H2,1H3,(H2,13,16). The highest BCUT2D eigenvalue weighted by Gasteiger charge is 2.15. The van der Waals surface area contributed by atoms with Crippen molar-refractivity contribution in [3.63, 3.8) is 0 Å². The summed E-state index contributed by atoms with van der Waals surface area (Å²) in [4.78, 5) is 11.2. The van der Waals surface area contributed by atoms with Crippen LogP contribution in [0.2, 0.25) is 0 Å². The smallest absolute Gasteiger partial charge is 0.252 e. The van der Waals surface area contributed by atoms with E-state index < -0.39 is 18.6 Å². The Morgan fingerprint density at radius 1 is 1.59 bits per heavy atom. The molecule has 0 heterocycles. The molecule has 0 saturated heterocycles. The van der Waals surface area contributed by atoms with Gasteiger partial charge in [0, 0.05) is 4.47 Å². The van der Waals surface area contributed by atoms with Crippen LogP contribution in [0, 0.1) is 6.92 Å². The Balaban J connectivity index is 3.00. The molecule has 0 aromatic heterocycles. The summed E-state index contributed by atoms with van der Waals surface area (Å²) in [5, 5.41) is 17.9. The number of carbonyl (C=O) groups is 1. The second-order valence-corrected chi connectivity index (χ2v) is 4.53. The Morgan fingerprint density at radius 3 is 2.76 bits per heavy atom. The highest BCUT2D eigenvalue weighted by molar-refractivity contribution is 9.10. The number of hydrogen-bond donors (Lipinski definition) is 3. The van der Waals surface area contributed by atoms with Crippen molar-refractivity contribution in [3.8, 4) is 5.75 Å². The zero-order valence-corrected chi connectivity index (χ0v) is 10.9. The van der Waals surface area contributed by atoms with Crippen LogP contribution in [0.5, 0.6) is 5.75 Å². The number of amides is 1. The van der Waals surface area contributed by atoms with E-state index in [1.807, 2.05) is 0 Å². The van der Waals surface area contributed by atoms with Crippen LogP contribution in [0.15, 0.2) is 16.6 Å². The minimum Gasteiger partial charge on any atom is -0.490 e. The van der Waals surface area contributed by atoms with Gasteiger partial charge in [-0.3, -0.25) is 4.79 Å². The normalized spacial score (nSPS) is 12.2. The van der Waals surface area contributed by atoms with Crippen LogP contribution in [0.1, 0.15) is 15.9 Å². The molecule has 0 bridgehead atoms. The van der Waals surface area contributed by atoms with E-state index >= 15 is 0 Å². The van der Waals surface area contributed by atoms with Crippen LogP contribution in [0.3, 0.4) is 0 Å². The topological polar surface area (TPSA) is 92.8 Å². The average Bonchev–Trinajstić information content (AvgIpc) is 2.26. The maximum atomic E-state index is 11.2. The van der Waals surface area contributed by atoms with Crippen LogP contribution < -0.4 is 10.5 Å². The summed E-state index contributed by atoms with van der Waals surface area (Å²) in [5.74, 6) is -0.281. The van der Waals surface area contributed by atoms with Crippen molar-refractivity contribution in [2.24, 2.45) is 5.73 Å². The van der Waals surface area contributed by atoms with Crippen LogP contribution >= 0.6 is 15.9 Å². The van der Waals surface area contributed by atoms with Gasteiger partial charge in [0.1, 0.15) is 18.5 Å². The van der Waals surface area contributed by atoms with Crippen LogP contribution in [0.4, 0.5) is 0 Å². The molecule has 1 aromatic carbocycles. The molecule has 94 valence electrons. The fourth-order valence-electron chi connectivity index (χ4n) is 1.34. The molecular formula is C11H14BrNO4. The van der Waals surface area contributed by atoms with E-state index in [4.69, 9.17) is 15.6 Å². The van der Waals surface area contributed by atoms with Crippen molar-refractivity contribution in [1.29, 1.82) is 0 Å². The Hall–Kier alpha value is -1.11. The van der Waals surface area contributed by atoms with Gasteiger partial charge >= 0.3 is 0 Å². The number of aliphatic hydroxyl groups excluding tert-OH is 2. The number of primary amides is 1. The molecule has 0 radical (unpaired) electrons. The van der Waals surface area contributed by atoms with Gasteiger partial charge in [0.25, 0.3) is 5.91 Å². The van der Waals surface area contributed by atoms with Gasteiger partial charge in [-0.15, -0.1) is 0 Å². The van der Waals surface area contributed by atoms with E-state index in [1.165, 1.54) is 0 Å². The van der Waals surface area contributed by atoms with Gasteiger partial charge in [-0.1, -0.05) is 15.9 Å². The average molecular weight is 304 g/mol. The van der Waals surface area contributed by atoms with E-state index in [0.29, 0.717) is 5.75 Å². The van der Waals surface area contributed by atoms with Gasteiger partial charge < -0.3 is 20.7 Å². The number of hydrogen-bond acceptors (Lipinski definition) is 4. The minimum atomic E-state index is -0.987. The number of benzene rings is 1. The largest absolute Gasteiger partial charge is 0.490 e. The minimum absolute atomic E-state index is 0.0980. The Morgan fingerprint density at radius 2 is 2.24 bits per heavy atom. The molecule has 0 spiro atoms. The lowest BCUT2D eigenvalue weighted by atomic mass is 10.1. The molecule has 6 heteroatoms. The van der Waals surface area contributed by atoms with Crippen LogP contribution in [0.25, 0.3) is 0 Å². The number of halogens is 1. The molecular weight excluding hydrogens is 290 g/mol. The quantitative estimate of drug-likeness (QED) is 0.742. The van der Waals surface area contributed by atoms with Crippen LogP contribution in [-0.2, 0) is 0 Å². The first-order valence-electron chi connectivity index (χ1n) is 4.97. The summed E-state index contributed by atoms with van der Waals surface area (Å²) in [6.45, 7) is 1.26. The van der Waals surface area contributed by atoms with Crippen molar-refractivity contribution < 1.29 is 19.7 Å². The number of rotatable bonds is 5. The lowest BCUT2D eigenvalue weighted by molar-refractivity contribution is 0.0529. The molecule has 4 N–H and O–H groups in total. The summed E-state index contributed by atoms with van der Waals surface area (Å²) in [6.07, 6.45) is -0.987. The van der Waals surface area contributed by atoms with E-state index in [9.17, 15) is 9.90 Å². The molecule has 0 aliphatic rings. The molecule has 1 aromatic rings. The third-order valence-electron chi connectivity index (χ3n) is 2.14. The van der Waals surface area contributed by atoms with Gasteiger partial charge in [0.2, 0.25) is 0 Å². The monoisotopic (exact) mass is 303 g/mol. The second-order valence-electron chi connectivity index (χ2n) is 3.61. The predicted octanol–water partition coefficient (Wildman–Crippen LogP) is 0.588. The number of ether oxygens (including phenoxy) is 1. The van der Waals surface area contributed by atoms with Crippen molar-refractivity contribution in [2.45, 2.75) is 13.0 Å². The zero-order chi connectivity index (χ0) is 13.0. The SMILES string of the molecule is Cc1cc(Br)cc(C(N)=O)c1OCC(O)CO. The molecule has 1 unspecified atom stereocenters. The first-order chi connectivity index (χ1) is 7.95. The lowest BCUT2D eigenvalue weighted by Crippen LogP contribution is -2.23. The van der Waals surface area contributed by atoms with Crippen molar-refractivity contribution >= 4 is 21.8 Å². The van der Waals surface area contributed by atoms with Gasteiger partial charge in [-0.05, 0) is 24.6 Å². The van der Waals surface area contributed by atoms with Gasteiger partial charge in [0.15, 0.2) is 0 Å². The lowest BCUT2D eigenvalue weighted by Gasteiger charge is -2.15. The van der Waals surface area contributed by atoms with Gasteiger partial charge in [0.05, 0.1) is 12.2 Å². The van der Waals surface area contributed by atoms with Gasteiger partial charge in [-0.25, -0.2) is 0 Å². The maximum Gasteiger partial charge on any atom is 0.252 e. The molecule has 0 aliphatic heterocycles. The number of aliphatic hydroxyl groups is 2. The second kappa shape index (κ2) is 6.00. The first kappa shape index (κ1) is 14.0. The Kier molecular flexibility index (Phi) is 4.92. The van der Waals surface area contributed by atoms with Crippen LogP contribution in [-0.4, -0.2) is 35.4 Å². The maximum absolute atomic E-state index is 11.2. The van der Waals surface area contributed by atoms with Crippen molar-refractivity contribution in [3.05, 3.63) is 27.7 Å². The highest BCUT2D eigenvalue weighted by Crippen LogP contribution is 2.27.